The van der Waals surface area contributed by atoms with Crippen molar-refractivity contribution in [2.45, 2.75) is 64.5 Å². The van der Waals surface area contributed by atoms with Crippen LogP contribution in [-0.4, -0.2) is 37.7 Å². The zero-order valence-corrected chi connectivity index (χ0v) is 14.2. The molecule has 2 aliphatic rings. The van der Waals surface area contributed by atoms with Gasteiger partial charge >= 0.3 is 0 Å². The van der Waals surface area contributed by atoms with Gasteiger partial charge in [-0.2, -0.15) is 5.10 Å². The standard InChI is InChI=1S/C18H24N4O/c1-11-10-15(16-12(2)20-21(3)17(16)19-11)18(23)22(14-8-9-14)13-6-4-5-7-13/h10,13-14H,4-9H2,1-3H3. The third kappa shape index (κ3) is 2.42. The minimum atomic E-state index is 0.186. The van der Waals surface area contributed by atoms with Gasteiger partial charge in [0.25, 0.3) is 5.91 Å². The van der Waals surface area contributed by atoms with Crippen molar-refractivity contribution in [3.63, 3.8) is 0 Å². The summed E-state index contributed by atoms with van der Waals surface area (Å²) in [5.74, 6) is 0.186. The summed E-state index contributed by atoms with van der Waals surface area (Å²) in [5, 5.41) is 5.40. The van der Waals surface area contributed by atoms with E-state index in [-0.39, 0.29) is 5.91 Å². The zero-order valence-electron chi connectivity index (χ0n) is 14.2. The topological polar surface area (TPSA) is 51.0 Å². The second kappa shape index (κ2) is 5.32. The van der Waals surface area contributed by atoms with Crippen molar-refractivity contribution in [1.29, 1.82) is 0 Å². The van der Waals surface area contributed by atoms with Crippen LogP contribution in [0.15, 0.2) is 6.07 Å². The van der Waals surface area contributed by atoms with E-state index in [1.807, 2.05) is 27.0 Å². The van der Waals surface area contributed by atoms with Crippen molar-refractivity contribution < 1.29 is 4.79 Å². The Bertz CT molecular complexity index is 769. The summed E-state index contributed by atoms with van der Waals surface area (Å²) in [6.45, 7) is 3.92. The number of pyridine rings is 1. The Morgan fingerprint density at radius 1 is 1.17 bits per heavy atom. The number of fused-ring (bicyclic) bond motifs is 1. The molecule has 0 unspecified atom stereocenters. The number of aromatic nitrogens is 3. The third-order valence-electron chi connectivity index (χ3n) is 5.22. The Kier molecular flexibility index (Phi) is 3.39. The van der Waals surface area contributed by atoms with Crippen LogP contribution in [-0.2, 0) is 7.05 Å². The van der Waals surface area contributed by atoms with E-state index in [2.05, 4.69) is 15.0 Å². The normalized spacial score (nSPS) is 18.7. The first-order valence-corrected chi connectivity index (χ1v) is 8.70. The van der Waals surface area contributed by atoms with E-state index in [9.17, 15) is 4.79 Å². The molecule has 0 bridgehead atoms. The van der Waals surface area contributed by atoms with E-state index in [1.54, 1.807) is 4.68 Å². The van der Waals surface area contributed by atoms with Crippen LogP contribution in [0.1, 0.15) is 60.3 Å². The lowest BCUT2D eigenvalue weighted by atomic mass is 10.1. The molecule has 0 N–H and O–H groups in total. The van der Waals surface area contributed by atoms with Crippen molar-refractivity contribution in [2.75, 3.05) is 0 Å². The first kappa shape index (κ1) is 14.7. The molecule has 2 aromatic heterocycles. The molecule has 23 heavy (non-hydrogen) atoms. The predicted octanol–water partition coefficient (Wildman–Crippen LogP) is 3.13. The molecule has 2 aromatic rings. The number of amides is 1. The van der Waals surface area contributed by atoms with Gasteiger partial charge in [-0.25, -0.2) is 4.98 Å². The molecule has 2 aliphatic carbocycles. The molecule has 1 amide bonds. The lowest BCUT2D eigenvalue weighted by molar-refractivity contribution is 0.0666. The Morgan fingerprint density at radius 2 is 1.83 bits per heavy atom. The van der Waals surface area contributed by atoms with Crippen LogP contribution in [0.5, 0.6) is 0 Å². The Balaban J connectivity index is 1.82. The van der Waals surface area contributed by atoms with Crippen molar-refractivity contribution in [3.8, 4) is 0 Å². The quantitative estimate of drug-likeness (QED) is 0.875. The number of rotatable bonds is 3. The average Bonchev–Trinajstić information content (AvgIpc) is 3.11. The van der Waals surface area contributed by atoms with Crippen molar-refractivity contribution in [2.24, 2.45) is 7.05 Å². The fourth-order valence-electron chi connectivity index (χ4n) is 4.04. The number of aryl methyl sites for hydroxylation is 3. The molecule has 2 saturated carbocycles. The molecule has 0 aliphatic heterocycles. The molecule has 5 nitrogen and oxygen atoms in total. The summed E-state index contributed by atoms with van der Waals surface area (Å²) in [7, 11) is 1.89. The van der Waals surface area contributed by atoms with Crippen LogP contribution in [0.2, 0.25) is 0 Å². The minimum absolute atomic E-state index is 0.186. The van der Waals surface area contributed by atoms with Crippen molar-refractivity contribution >= 4 is 16.9 Å². The van der Waals surface area contributed by atoms with E-state index >= 15 is 0 Å². The summed E-state index contributed by atoms with van der Waals surface area (Å²) < 4.78 is 1.78. The maximum Gasteiger partial charge on any atom is 0.255 e. The van der Waals surface area contributed by atoms with Gasteiger partial charge in [-0.05, 0) is 45.6 Å². The molecule has 2 heterocycles. The first-order valence-electron chi connectivity index (χ1n) is 8.70. The highest BCUT2D eigenvalue weighted by Crippen LogP contribution is 2.36. The van der Waals surface area contributed by atoms with E-state index in [0.29, 0.717) is 12.1 Å². The molecule has 0 radical (unpaired) electrons. The number of carbonyl (C=O) groups is 1. The van der Waals surface area contributed by atoms with Gasteiger partial charge in [0, 0.05) is 24.8 Å². The van der Waals surface area contributed by atoms with E-state index in [1.165, 1.54) is 12.8 Å². The summed E-state index contributed by atoms with van der Waals surface area (Å²) >= 11 is 0. The highest BCUT2D eigenvalue weighted by atomic mass is 16.2. The SMILES string of the molecule is Cc1cc(C(=O)N(C2CCCC2)C2CC2)c2c(C)nn(C)c2n1. The number of carbonyl (C=O) groups excluding carboxylic acids is 1. The maximum absolute atomic E-state index is 13.4. The largest absolute Gasteiger partial charge is 0.333 e. The molecular formula is C18H24N4O. The summed E-state index contributed by atoms with van der Waals surface area (Å²) in [6.07, 6.45) is 7.11. The van der Waals surface area contributed by atoms with Crippen LogP contribution < -0.4 is 0 Å². The van der Waals surface area contributed by atoms with Crippen LogP contribution in [0.4, 0.5) is 0 Å². The molecule has 122 valence electrons. The van der Waals surface area contributed by atoms with Gasteiger partial charge in [0.2, 0.25) is 0 Å². The Labute approximate surface area is 136 Å². The van der Waals surface area contributed by atoms with E-state index < -0.39 is 0 Å². The summed E-state index contributed by atoms with van der Waals surface area (Å²) in [6, 6.07) is 2.82. The zero-order chi connectivity index (χ0) is 16.1. The number of nitrogens with zero attached hydrogens (tertiary/aromatic N) is 4. The molecule has 4 rings (SSSR count). The monoisotopic (exact) mass is 312 g/mol. The second-order valence-electron chi connectivity index (χ2n) is 7.10. The molecule has 0 aromatic carbocycles. The first-order chi connectivity index (χ1) is 11.1. The fourth-order valence-corrected chi connectivity index (χ4v) is 4.04. The average molecular weight is 312 g/mol. The fraction of sp³-hybridized carbons (Fsp3) is 0.611. The predicted molar refractivity (Wildman–Crippen MR) is 89.4 cm³/mol. The molecule has 2 fully saturated rings. The minimum Gasteiger partial charge on any atom is -0.333 e. The van der Waals surface area contributed by atoms with Gasteiger partial charge in [0.05, 0.1) is 16.6 Å². The molecule has 5 heteroatoms. The third-order valence-corrected chi connectivity index (χ3v) is 5.22. The van der Waals surface area contributed by atoms with Gasteiger partial charge in [0.1, 0.15) is 0 Å². The van der Waals surface area contributed by atoms with Gasteiger partial charge < -0.3 is 4.90 Å². The highest BCUT2D eigenvalue weighted by molar-refractivity contribution is 6.06. The van der Waals surface area contributed by atoms with Crippen LogP contribution in [0.25, 0.3) is 11.0 Å². The van der Waals surface area contributed by atoms with Crippen molar-refractivity contribution in [1.82, 2.24) is 19.7 Å². The van der Waals surface area contributed by atoms with Gasteiger partial charge in [0.15, 0.2) is 5.65 Å². The van der Waals surface area contributed by atoms with Crippen molar-refractivity contribution in [3.05, 3.63) is 23.0 Å². The lowest BCUT2D eigenvalue weighted by Gasteiger charge is -2.29. The van der Waals surface area contributed by atoms with Gasteiger partial charge in [-0.15, -0.1) is 0 Å². The summed E-state index contributed by atoms with van der Waals surface area (Å²) in [5.41, 5.74) is 3.37. The number of hydrogen-bond donors (Lipinski definition) is 0. The van der Waals surface area contributed by atoms with Crippen LogP contribution in [0, 0.1) is 13.8 Å². The molecule has 0 atom stereocenters. The molecule has 0 saturated heterocycles. The Hall–Kier alpha value is -1.91. The van der Waals surface area contributed by atoms with E-state index in [0.717, 1.165) is 53.7 Å². The van der Waals surface area contributed by atoms with Crippen LogP contribution >= 0.6 is 0 Å². The van der Waals surface area contributed by atoms with E-state index in [4.69, 9.17) is 0 Å². The summed E-state index contributed by atoms with van der Waals surface area (Å²) in [4.78, 5) is 20.2. The number of hydrogen-bond acceptors (Lipinski definition) is 3. The van der Waals surface area contributed by atoms with Gasteiger partial charge in [-0.1, -0.05) is 12.8 Å². The molecular weight excluding hydrogens is 288 g/mol. The smallest absolute Gasteiger partial charge is 0.255 e. The second-order valence-corrected chi connectivity index (χ2v) is 7.10. The highest BCUT2D eigenvalue weighted by Gasteiger charge is 2.39. The van der Waals surface area contributed by atoms with Crippen LogP contribution in [0.3, 0.4) is 0 Å². The van der Waals surface area contributed by atoms with Gasteiger partial charge in [-0.3, -0.25) is 9.48 Å². The maximum atomic E-state index is 13.4. The molecule has 0 spiro atoms. The lowest BCUT2D eigenvalue weighted by Crippen LogP contribution is -2.40. The Morgan fingerprint density at radius 3 is 2.48 bits per heavy atom.